The minimum absolute atomic E-state index is 0.287. The number of rotatable bonds is 1. The van der Waals surface area contributed by atoms with E-state index in [4.69, 9.17) is 11.6 Å². The van der Waals surface area contributed by atoms with Crippen LogP contribution in [0.1, 0.15) is 31.7 Å². The van der Waals surface area contributed by atoms with Crippen molar-refractivity contribution in [3.05, 3.63) is 34.9 Å². The Hall–Kier alpha value is -0.820. The molecule has 1 saturated carbocycles. The SMILES string of the molecule is C[C@@]1(c2cccc(Cl)c2)CCCC1=O. The molecule has 74 valence electrons. The summed E-state index contributed by atoms with van der Waals surface area (Å²) in [6.07, 6.45) is 2.66. The number of hydrogen-bond donors (Lipinski definition) is 0. The van der Waals surface area contributed by atoms with E-state index >= 15 is 0 Å². The van der Waals surface area contributed by atoms with E-state index in [-0.39, 0.29) is 5.41 Å². The van der Waals surface area contributed by atoms with E-state index in [2.05, 4.69) is 0 Å². The number of ketones is 1. The Labute approximate surface area is 89.1 Å². The van der Waals surface area contributed by atoms with E-state index in [0.29, 0.717) is 17.2 Å². The number of hydrogen-bond acceptors (Lipinski definition) is 1. The molecule has 0 aromatic heterocycles. The van der Waals surface area contributed by atoms with Gasteiger partial charge in [-0.3, -0.25) is 4.79 Å². The van der Waals surface area contributed by atoms with Crippen LogP contribution in [0.15, 0.2) is 24.3 Å². The highest BCUT2D eigenvalue weighted by Crippen LogP contribution is 2.38. The van der Waals surface area contributed by atoms with Crippen LogP contribution in [0.5, 0.6) is 0 Å². The Kier molecular flexibility index (Phi) is 2.36. The van der Waals surface area contributed by atoms with E-state index in [9.17, 15) is 4.79 Å². The zero-order valence-electron chi connectivity index (χ0n) is 8.22. The summed E-state index contributed by atoms with van der Waals surface area (Å²) in [6, 6.07) is 7.65. The fourth-order valence-electron chi connectivity index (χ4n) is 2.15. The molecule has 1 aromatic carbocycles. The predicted octanol–water partition coefficient (Wildman–Crippen LogP) is 3.35. The summed E-state index contributed by atoms with van der Waals surface area (Å²) in [7, 11) is 0. The summed E-state index contributed by atoms with van der Waals surface area (Å²) in [4.78, 5) is 11.8. The van der Waals surface area contributed by atoms with Crippen LogP contribution in [0.2, 0.25) is 5.02 Å². The van der Waals surface area contributed by atoms with E-state index in [0.717, 1.165) is 18.4 Å². The Morgan fingerprint density at radius 2 is 2.21 bits per heavy atom. The molecule has 1 atom stereocenters. The standard InChI is InChI=1S/C12H13ClO/c1-12(7-3-6-11(12)14)9-4-2-5-10(13)8-9/h2,4-5,8H,3,6-7H2,1H3/t12-/m0/s1. The molecule has 14 heavy (non-hydrogen) atoms. The van der Waals surface area contributed by atoms with E-state index in [1.165, 1.54) is 0 Å². The van der Waals surface area contributed by atoms with Crippen LogP contribution in [0.3, 0.4) is 0 Å². The zero-order chi connectivity index (χ0) is 10.2. The van der Waals surface area contributed by atoms with Crippen LogP contribution in [0.4, 0.5) is 0 Å². The van der Waals surface area contributed by atoms with Gasteiger partial charge in [-0.05, 0) is 37.5 Å². The Balaban J connectivity index is 2.43. The molecular weight excluding hydrogens is 196 g/mol. The smallest absolute Gasteiger partial charge is 0.143 e. The van der Waals surface area contributed by atoms with Crippen LogP contribution in [0, 0.1) is 0 Å². The first-order chi connectivity index (χ1) is 6.63. The number of carbonyl (C=O) groups excluding carboxylic acids is 1. The second kappa shape index (κ2) is 3.39. The van der Waals surface area contributed by atoms with Crippen LogP contribution in [0.25, 0.3) is 0 Å². The fourth-order valence-corrected chi connectivity index (χ4v) is 2.35. The first-order valence-electron chi connectivity index (χ1n) is 4.92. The lowest BCUT2D eigenvalue weighted by Crippen LogP contribution is -2.26. The maximum Gasteiger partial charge on any atom is 0.143 e. The van der Waals surface area contributed by atoms with Gasteiger partial charge in [0.15, 0.2) is 0 Å². The second-order valence-corrected chi connectivity index (χ2v) is 4.56. The average Bonchev–Trinajstić information content (AvgIpc) is 2.49. The van der Waals surface area contributed by atoms with Crippen molar-refractivity contribution < 1.29 is 4.79 Å². The lowest BCUT2D eigenvalue weighted by atomic mass is 9.80. The third-order valence-corrected chi connectivity index (χ3v) is 3.39. The fraction of sp³-hybridized carbons (Fsp3) is 0.417. The molecule has 2 heteroatoms. The molecular formula is C12H13ClO. The van der Waals surface area contributed by atoms with E-state index < -0.39 is 0 Å². The molecule has 0 radical (unpaired) electrons. The second-order valence-electron chi connectivity index (χ2n) is 4.12. The van der Waals surface area contributed by atoms with Gasteiger partial charge in [0.05, 0.1) is 5.41 Å². The average molecular weight is 209 g/mol. The molecule has 0 unspecified atom stereocenters. The van der Waals surface area contributed by atoms with Gasteiger partial charge in [-0.2, -0.15) is 0 Å². The molecule has 1 aliphatic carbocycles. The third-order valence-electron chi connectivity index (χ3n) is 3.16. The monoisotopic (exact) mass is 208 g/mol. The summed E-state index contributed by atoms with van der Waals surface area (Å²) >= 11 is 5.92. The summed E-state index contributed by atoms with van der Waals surface area (Å²) in [5.41, 5.74) is 0.776. The number of benzene rings is 1. The molecule has 0 spiro atoms. The van der Waals surface area contributed by atoms with Gasteiger partial charge in [0.25, 0.3) is 0 Å². The molecule has 0 heterocycles. The summed E-state index contributed by atoms with van der Waals surface area (Å²) < 4.78 is 0. The van der Waals surface area contributed by atoms with Crippen molar-refractivity contribution in [2.24, 2.45) is 0 Å². The Morgan fingerprint density at radius 3 is 2.79 bits per heavy atom. The van der Waals surface area contributed by atoms with Crippen molar-refractivity contribution in [3.8, 4) is 0 Å². The number of carbonyl (C=O) groups is 1. The van der Waals surface area contributed by atoms with E-state index in [1.54, 1.807) is 0 Å². The molecule has 1 fully saturated rings. The normalized spacial score (nSPS) is 26.9. The maximum absolute atomic E-state index is 11.8. The molecule has 0 aliphatic heterocycles. The van der Waals surface area contributed by atoms with Crippen LogP contribution < -0.4 is 0 Å². The minimum atomic E-state index is -0.287. The van der Waals surface area contributed by atoms with Gasteiger partial charge in [0, 0.05) is 11.4 Å². The maximum atomic E-state index is 11.8. The van der Waals surface area contributed by atoms with Crippen LogP contribution in [-0.4, -0.2) is 5.78 Å². The van der Waals surface area contributed by atoms with Gasteiger partial charge in [0.1, 0.15) is 5.78 Å². The highest BCUT2D eigenvalue weighted by Gasteiger charge is 2.38. The van der Waals surface area contributed by atoms with Gasteiger partial charge >= 0.3 is 0 Å². The van der Waals surface area contributed by atoms with Gasteiger partial charge in [0.2, 0.25) is 0 Å². The van der Waals surface area contributed by atoms with Gasteiger partial charge in [-0.1, -0.05) is 23.7 Å². The molecule has 0 amide bonds. The van der Waals surface area contributed by atoms with Crippen LogP contribution in [-0.2, 0) is 10.2 Å². The molecule has 2 rings (SSSR count). The van der Waals surface area contributed by atoms with Crippen molar-refractivity contribution in [1.29, 1.82) is 0 Å². The van der Waals surface area contributed by atoms with Crippen molar-refractivity contribution in [2.75, 3.05) is 0 Å². The molecule has 0 bridgehead atoms. The Bertz CT molecular complexity index is 372. The molecule has 1 aliphatic rings. The quantitative estimate of drug-likeness (QED) is 0.692. The first kappa shape index (κ1) is 9.72. The molecule has 0 saturated heterocycles. The van der Waals surface area contributed by atoms with Gasteiger partial charge in [-0.25, -0.2) is 0 Å². The minimum Gasteiger partial charge on any atom is -0.299 e. The van der Waals surface area contributed by atoms with E-state index in [1.807, 2.05) is 31.2 Å². The number of halogens is 1. The number of Topliss-reactive ketones (excluding diaryl/α,β-unsaturated/α-hetero) is 1. The molecule has 0 N–H and O–H groups in total. The highest BCUT2D eigenvalue weighted by molar-refractivity contribution is 6.30. The summed E-state index contributed by atoms with van der Waals surface area (Å²) in [5.74, 6) is 0.347. The van der Waals surface area contributed by atoms with Gasteiger partial charge in [-0.15, -0.1) is 0 Å². The lowest BCUT2D eigenvalue weighted by Gasteiger charge is -2.22. The van der Waals surface area contributed by atoms with Crippen molar-refractivity contribution >= 4 is 17.4 Å². The zero-order valence-corrected chi connectivity index (χ0v) is 8.97. The molecule has 1 aromatic rings. The van der Waals surface area contributed by atoms with Crippen LogP contribution >= 0.6 is 11.6 Å². The van der Waals surface area contributed by atoms with Crippen molar-refractivity contribution in [3.63, 3.8) is 0 Å². The largest absolute Gasteiger partial charge is 0.299 e. The highest BCUT2D eigenvalue weighted by atomic mass is 35.5. The van der Waals surface area contributed by atoms with Crippen molar-refractivity contribution in [1.82, 2.24) is 0 Å². The Morgan fingerprint density at radius 1 is 1.43 bits per heavy atom. The topological polar surface area (TPSA) is 17.1 Å². The lowest BCUT2D eigenvalue weighted by molar-refractivity contribution is -0.121. The first-order valence-corrected chi connectivity index (χ1v) is 5.30. The molecule has 1 nitrogen and oxygen atoms in total. The third kappa shape index (κ3) is 1.46. The predicted molar refractivity (Wildman–Crippen MR) is 57.7 cm³/mol. The summed E-state index contributed by atoms with van der Waals surface area (Å²) in [5, 5.41) is 0.712. The van der Waals surface area contributed by atoms with Gasteiger partial charge < -0.3 is 0 Å². The summed E-state index contributed by atoms with van der Waals surface area (Å²) in [6.45, 7) is 2.02. The van der Waals surface area contributed by atoms with Crippen molar-refractivity contribution in [2.45, 2.75) is 31.6 Å².